The molecule has 0 aromatic heterocycles. The Morgan fingerprint density at radius 3 is 2.39 bits per heavy atom. The van der Waals surface area contributed by atoms with Gasteiger partial charge in [0, 0.05) is 25.1 Å². The molecule has 1 saturated heterocycles. The Morgan fingerprint density at radius 2 is 1.83 bits per heavy atom. The van der Waals surface area contributed by atoms with E-state index in [0.717, 1.165) is 12.1 Å². The lowest BCUT2D eigenvalue weighted by atomic mass is 10.1. The number of nitrogens with one attached hydrogen (secondary N) is 1. The lowest BCUT2D eigenvalue weighted by Crippen LogP contribution is -2.41. The number of likely N-dealkylation sites (tertiary alicyclic amines) is 1. The molecule has 1 aliphatic rings. The van der Waals surface area contributed by atoms with Crippen LogP contribution in [0.3, 0.4) is 0 Å². The van der Waals surface area contributed by atoms with E-state index in [2.05, 4.69) is 17.2 Å². The van der Waals surface area contributed by atoms with Crippen LogP contribution in [0.25, 0.3) is 0 Å². The normalized spacial score (nSPS) is 15.3. The molecule has 0 atom stereocenters. The lowest BCUT2D eigenvalue weighted by Gasteiger charge is -2.23. The molecular formula is C16H23IN4O2. The van der Waals surface area contributed by atoms with Crippen molar-refractivity contribution in [3.05, 3.63) is 29.8 Å². The third kappa shape index (κ3) is 5.81. The predicted octanol–water partition coefficient (Wildman–Crippen LogP) is 2.13. The minimum absolute atomic E-state index is 0. The number of benzene rings is 1. The topological polar surface area (TPSA) is 87.8 Å². The van der Waals surface area contributed by atoms with Crippen LogP contribution in [0.5, 0.6) is 0 Å². The average Bonchev–Trinajstić information content (AvgIpc) is 2.51. The molecule has 1 aromatic carbocycles. The molecule has 7 heteroatoms. The summed E-state index contributed by atoms with van der Waals surface area (Å²) in [6.45, 7) is 2.69. The first kappa shape index (κ1) is 19.4. The van der Waals surface area contributed by atoms with Crippen LogP contribution in [0.1, 0.15) is 31.7 Å². The molecule has 0 aliphatic carbocycles. The monoisotopic (exact) mass is 430 g/mol. The van der Waals surface area contributed by atoms with Crippen LogP contribution in [0.15, 0.2) is 29.3 Å². The molecule has 1 heterocycles. The molecule has 0 bridgehead atoms. The number of guanidine groups is 1. The Labute approximate surface area is 153 Å². The van der Waals surface area contributed by atoms with Gasteiger partial charge in [-0.05, 0) is 30.5 Å². The number of amides is 2. The van der Waals surface area contributed by atoms with Gasteiger partial charge in [-0.25, -0.2) is 0 Å². The van der Waals surface area contributed by atoms with Crippen LogP contribution in [-0.2, 0) is 16.0 Å². The van der Waals surface area contributed by atoms with Crippen LogP contribution in [0.4, 0.5) is 5.69 Å². The van der Waals surface area contributed by atoms with Gasteiger partial charge in [0.25, 0.3) is 0 Å². The van der Waals surface area contributed by atoms with Crippen molar-refractivity contribution in [3.63, 3.8) is 0 Å². The maximum atomic E-state index is 11.6. The van der Waals surface area contributed by atoms with Gasteiger partial charge >= 0.3 is 0 Å². The molecule has 1 aromatic rings. The molecule has 126 valence electrons. The van der Waals surface area contributed by atoms with Gasteiger partial charge in [-0.1, -0.05) is 19.1 Å². The van der Waals surface area contributed by atoms with Crippen LogP contribution in [0.2, 0.25) is 0 Å². The third-order valence-corrected chi connectivity index (χ3v) is 3.62. The van der Waals surface area contributed by atoms with Crippen molar-refractivity contribution in [2.45, 2.75) is 32.6 Å². The highest BCUT2D eigenvalue weighted by molar-refractivity contribution is 14.0. The van der Waals surface area contributed by atoms with Crippen LogP contribution >= 0.6 is 24.0 Å². The second kappa shape index (κ2) is 9.49. The molecule has 0 radical (unpaired) electrons. The molecule has 3 N–H and O–H groups in total. The number of carbonyl (C=O) groups excluding carboxylic acids is 2. The summed E-state index contributed by atoms with van der Waals surface area (Å²) in [6, 6.07) is 7.94. The highest BCUT2D eigenvalue weighted by atomic mass is 127. The fourth-order valence-electron chi connectivity index (χ4n) is 2.33. The van der Waals surface area contributed by atoms with Gasteiger partial charge in [0.2, 0.25) is 11.8 Å². The maximum absolute atomic E-state index is 11.6. The first-order valence-electron chi connectivity index (χ1n) is 7.59. The third-order valence-electron chi connectivity index (χ3n) is 3.62. The Balaban J connectivity index is 0.00000264. The summed E-state index contributed by atoms with van der Waals surface area (Å²) in [5.74, 6) is 0.0439. The highest BCUT2D eigenvalue weighted by Crippen LogP contribution is 2.12. The summed E-state index contributed by atoms with van der Waals surface area (Å²) in [5, 5.41) is 2.99. The van der Waals surface area contributed by atoms with Gasteiger partial charge in [0.1, 0.15) is 0 Å². The predicted molar refractivity (Wildman–Crippen MR) is 102 cm³/mol. The van der Waals surface area contributed by atoms with E-state index in [-0.39, 0.29) is 48.3 Å². The first-order valence-corrected chi connectivity index (χ1v) is 7.59. The smallest absolute Gasteiger partial charge is 0.229 e. The fraction of sp³-hybridized carbons (Fsp3) is 0.438. The second-order valence-corrected chi connectivity index (χ2v) is 5.24. The summed E-state index contributed by atoms with van der Waals surface area (Å²) in [4.78, 5) is 28.7. The summed E-state index contributed by atoms with van der Waals surface area (Å²) in [6.07, 6.45) is 2.51. The first-order chi connectivity index (χ1) is 10.6. The van der Waals surface area contributed by atoms with Crippen molar-refractivity contribution in [2.24, 2.45) is 10.7 Å². The number of piperidine rings is 1. The second-order valence-electron chi connectivity index (χ2n) is 5.24. The summed E-state index contributed by atoms with van der Waals surface area (Å²) in [5.41, 5.74) is 7.93. The van der Waals surface area contributed by atoms with Crippen molar-refractivity contribution < 1.29 is 9.59 Å². The summed E-state index contributed by atoms with van der Waals surface area (Å²) in [7, 11) is 0. The van der Waals surface area contributed by atoms with Crippen LogP contribution in [0, 0.1) is 0 Å². The number of carbonyl (C=O) groups is 2. The van der Waals surface area contributed by atoms with Gasteiger partial charge in [0.05, 0.1) is 6.54 Å². The quantitative estimate of drug-likeness (QED) is 0.324. The number of imide groups is 1. The van der Waals surface area contributed by atoms with E-state index >= 15 is 0 Å². The minimum atomic E-state index is -0.117. The molecule has 0 saturated carbocycles. The molecular weight excluding hydrogens is 407 g/mol. The summed E-state index contributed by atoms with van der Waals surface area (Å²) >= 11 is 0. The van der Waals surface area contributed by atoms with E-state index in [0.29, 0.717) is 25.8 Å². The molecule has 0 unspecified atom stereocenters. The number of hydrogen-bond donors (Lipinski definition) is 2. The number of anilines is 1. The van der Waals surface area contributed by atoms with E-state index in [4.69, 9.17) is 5.73 Å². The van der Waals surface area contributed by atoms with Crippen molar-refractivity contribution in [3.8, 4) is 0 Å². The zero-order chi connectivity index (χ0) is 15.9. The fourth-order valence-corrected chi connectivity index (χ4v) is 2.33. The van der Waals surface area contributed by atoms with Crippen molar-refractivity contribution in [2.75, 3.05) is 18.4 Å². The van der Waals surface area contributed by atoms with E-state index in [9.17, 15) is 9.59 Å². The number of aliphatic imine (C=N–C) groups is 1. The van der Waals surface area contributed by atoms with E-state index < -0.39 is 0 Å². The molecule has 2 rings (SSSR count). The standard InChI is InChI=1S/C16H22N4O2.HI/c1-2-12-6-8-13(9-7-12)19-16(17)18-10-11-20-14(21)4-3-5-15(20)22;/h6-9H,2-5,10-11H2,1H3,(H3,17,18,19);1H. The van der Waals surface area contributed by atoms with Crippen LogP contribution in [-0.4, -0.2) is 35.8 Å². The molecule has 2 amide bonds. The summed E-state index contributed by atoms with van der Waals surface area (Å²) < 4.78 is 0. The molecule has 0 spiro atoms. The van der Waals surface area contributed by atoms with E-state index in [1.54, 1.807) is 0 Å². The van der Waals surface area contributed by atoms with Gasteiger partial charge in [-0.15, -0.1) is 24.0 Å². The average molecular weight is 430 g/mol. The Hall–Kier alpha value is -1.64. The molecule has 6 nitrogen and oxygen atoms in total. The van der Waals surface area contributed by atoms with Crippen LogP contribution < -0.4 is 11.1 Å². The number of rotatable bonds is 5. The molecule has 1 fully saturated rings. The van der Waals surface area contributed by atoms with Crippen molar-refractivity contribution >= 4 is 47.4 Å². The van der Waals surface area contributed by atoms with Gasteiger partial charge in [-0.2, -0.15) is 0 Å². The number of nitrogens with two attached hydrogens (primary N) is 1. The van der Waals surface area contributed by atoms with Gasteiger partial charge in [0.15, 0.2) is 5.96 Å². The number of halogens is 1. The number of nitrogens with zero attached hydrogens (tertiary/aromatic N) is 2. The number of aryl methyl sites for hydroxylation is 1. The SMILES string of the molecule is CCc1ccc(NC(N)=NCCN2C(=O)CCCC2=O)cc1.I. The Bertz CT molecular complexity index is 556. The van der Waals surface area contributed by atoms with Crippen molar-refractivity contribution in [1.29, 1.82) is 0 Å². The highest BCUT2D eigenvalue weighted by Gasteiger charge is 2.24. The maximum Gasteiger partial charge on any atom is 0.229 e. The Kier molecular flexibility index (Phi) is 8.01. The Morgan fingerprint density at radius 1 is 1.22 bits per heavy atom. The lowest BCUT2D eigenvalue weighted by molar-refractivity contribution is -0.147. The molecule has 23 heavy (non-hydrogen) atoms. The largest absolute Gasteiger partial charge is 0.370 e. The molecule has 1 aliphatic heterocycles. The van der Waals surface area contributed by atoms with Crippen molar-refractivity contribution in [1.82, 2.24) is 4.90 Å². The van der Waals surface area contributed by atoms with Gasteiger partial charge < -0.3 is 11.1 Å². The number of hydrogen-bond acceptors (Lipinski definition) is 3. The zero-order valence-electron chi connectivity index (χ0n) is 13.2. The minimum Gasteiger partial charge on any atom is -0.370 e. The van der Waals surface area contributed by atoms with E-state index in [1.165, 1.54) is 10.5 Å². The zero-order valence-corrected chi connectivity index (χ0v) is 15.6. The van der Waals surface area contributed by atoms with Gasteiger partial charge in [-0.3, -0.25) is 19.5 Å². The van der Waals surface area contributed by atoms with E-state index in [1.807, 2.05) is 24.3 Å².